The summed E-state index contributed by atoms with van der Waals surface area (Å²) in [5.41, 5.74) is 0. The average molecular weight is 353 g/mol. The molecule has 1 aromatic heterocycles. The molecule has 0 spiro atoms. The van der Waals surface area contributed by atoms with Crippen molar-refractivity contribution in [3.8, 4) is 0 Å². The van der Waals surface area contributed by atoms with E-state index in [-0.39, 0.29) is 5.91 Å². The maximum absolute atomic E-state index is 12.0. The number of piperidine rings is 1. The van der Waals surface area contributed by atoms with Crippen molar-refractivity contribution >= 4 is 23.3 Å². The summed E-state index contributed by atoms with van der Waals surface area (Å²) >= 11 is 1.58. The minimum atomic E-state index is -0.422. The zero-order valence-corrected chi connectivity index (χ0v) is 15.4. The number of amides is 3. The second kappa shape index (κ2) is 9.76. The third kappa shape index (κ3) is 6.98. The first-order chi connectivity index (χ1) is 11.5. The van der Waals surface area contributed by atoms with Crippen LogP contribution in [0.4, 0.5) is 4.79 Å². The number of nitrogens with zero attached hydrogens (tertiary/aromatic N) is 2. The lowest BCUT2D eigenvalue weighted by atomic mass is 9.93. The maximum Gasteiger partial charge on any atom is 0.321 e. The summed E-state index contributed by atoms with van der Waals surface area (Å²) in [5, 5.41) is 7.07. The SMILES string of the molecule is CN(C)CCC1CCN(CC(=O)NC(=O)NCc2cccs2)CC1. The van der Waals surface area contributed by atoms with E-state index in [4.69, 9.17) is 0 Å². The maximum atomic E-state index is 12.0. The van der Waals surface area contributed by atoms with Gasteiger partial charge in [-0.1, -0.05) is 6.07 Å². The molecule has 3 amide bonds. The Morgan fingerprint density at radius 3 is 2.71 bits per heavy atom. The molecule has 134 valence electrons. The molecule has 24 heavy (non-hydrogen) atoms. The predicted molar refractivity (Wildman–Crippen MR) is 97.0 cm³/mol. The van der Waals surface area contributed by atoms with Gasteiger partial charge in [-0.15, -0.1) is 11.3 Å². The molecule has 1 saturated heterocycles. The number of rotatable bonds is 7. The second-order valence-corrected chi connectivity index (χ2v) is 7.65. The molecule has 0 saturated carbocycles. The molecule has 2 heterocycles. The number of urea groups is 1. The van der Waals surface area contributed by atoms with E-state index in [2.05, 4.69) is 34.5 Å². The van der Waals surface area contributed by atoms with Crippen LogP contribution in [-0.4, -0.2) is 62.0 Å². The highest BCUT2D eigenvalue weighted by atomic mass is 32.1. The van der Waals surface area contributed by atoms with Crippen LogP contribution in [0.25, 0.3) is 0 Å². The monoisotopic (exact) mass is 352 g/mol. The molecule has 7 heteroatoms. The summed E-state index contributed by atoms with van der Waals surface area (Å²) in [7, 11) is 4.20. The quantitative estimate of drug-likeness (QED) is 0.784. The number of likely N-dealkylation sites (tertiary alicyclic amines) is 1. The topological polar surface area (TPSA) is 64.7 Å². The summed E-state index contributed by atoms with van der Waals surface area (Å²) in [6, 6.07) is 3.47. The molecule has 0 bridgehead atoms. The van der Waals surface area contributed by atoms with Gasteiger partial charge in [0.1, 0.15) is 0 Å². The lowest BCUT2D eigenvalue weighted by molar-refractivity contribution is -0.121. The largest absolute Gasteiger partial charge is 0.333 e. The predicted octanol–water partition coefficient (Wildman–Crippen LogP) is 1.74. The number of thiophene rings is 1. The van der Waals surface area contributed by atoms with E-state index in [0.29, 0.717) is 13.1 Å². The Bertz CT molecular complexity index is 511. The van der Waals surface area contributed by atoms with Gasteiger partial charge in [0.2, 0.25) is 5.91 Å². The number of hydrogen-bond donors (Lipinski definition) is 2. The Hall–Kier alpha value is -1.44. The zero-order valence-electron chi connectivity index (χ0n) is 14.6. The van der Waals surface area contributed by atoms with Crippen LogP contribution in [0.1, 0.15) is 24.1 Å². The number of imide groups is 1. The minimum absolute atomic E-state index is 0.231. The molecule has 1 aliphatic heterocycles. The van der Waals surface area contributed by atoms with Gasteiger partial charge in [0.25, 0.3) is 0 Å². The average Bonchev–Trinajstić information content (AvgIpc) is 3.05. The van der Waals surface area contributed by atoms with Gasteiger partial charge in [-0.2, -0.15) is 0 Å². The van der Waals surface area contributed by atoms with Crippen molar-refractivity contribution in [1.82, 2.24) is 20.4 Å². The number of carbonyl (C=O) groups excluding carboxylic acids is 2. The summed E-state index contributed by atoms with van der Waals surface area (Å²) in [5.74, 6) is 0.520. The molecular weight excluding hydrogens is 324 g/mol. The van der Waals surface area contributed by atoms with Gasteiger partial charge in [0.05, 0.1) is 13.1 Å². The fourth-order valence-electron chi connectivity index (χ4n) is 2.87. The molecule has 0 aliphatic carbocycles. The van der Waals surface area contributed by atoms with Crippen molar-refractivity contribution in [1.29, 1.82) is 0 Å². The minimum Gasteiger partial charge on any atom is -0.333 e. The van der Waals surface area contributed by atoms with Gasteiger partial charge >= 0.3 is 6.03 Å². The lowest BCUT2D eigenvalue weighted by Gasteiger charge is -2.31. The molecule has 2 N–H and O–H groups in total. The molecule has 0 aromatic carbocycles. The van der Waals surface area contributed by atoms with Crippen LogP contribution in [-0.2, 0) is 11.3 Å². The van der Waals surface area contributed by atoms with E-state index in [1.165, 1.54) is 6.42 Å². The van der Waals surface area contributed by atoms with Crippen LogP contribution in [0, 0.1) is 5.92 Å². The Labute approximate surface area is 148 Å². The summed E-state index contributed by atoms with van der Waals surface area (Å²) in [4.78, 5) is 29.1. The lowest BCUT2D eigenvalue weighted by Crippen LogP contribution is -2.46. The molecule has 0 atom stereocenters. The highest BCUT2D eigenvalue weighted by molar-refractivity contribution is 7.09. The van der Waals surface area contributed by atoms with Crippen LogP contribution < -0.4 is 10.6 Å². The van der Waals surface area contributed by atoms with Gasteiger partial charge in [-0.05, 0) is 70.4 Å². The summed E-state index contributed by atoms with van der Waals surface area (Å²) < 4.78 is 0. The summed E-state index contributed by atoms with van der Waals surface area (Å²) in [6.45, 7) is 3.74. The number of nitrogens with one attached hydrogen (secondary N) is 2. The molecule has 6 nitrogen and oxygen atoms in total. The van der Waals surface area contributed by atoms with E-state index in [1.54, 1.807) is 11.3 Å². The van der Waals surface area contributed by atoms with E-state index in [1.807, 2.05) is 17.5 Å². The second-order valence-electron chi connectivity index (χ2n) is 6.62. The van der Waals surface area contributed by atoms with Gasteiger partial charge < -0.3 is 10.2 Å². The molecule has 1 fully saturated rings. The van der Waals surface area contributed by atoms with Crippen molar-refractivity contribution in [2.24, 2.45) is 5.92 Å². The number of carbonyl (C=O) groups is 2. The Morgan fingerprint density at radius 2 is 2.08 bits per heavy atom. The van der Waals surface area contributed by atoms with Crippen molar-refractivity contribution in [3.05, 3.63) is 22.4 Å². The standard InChI is InChI=1S/C17H28N4O2S/c1-20(2)8-5-14-6-9-21(10-7-14)13-16(22)19-17(23)18-12-15-4-3-11-24-15/h3-4,11,14H,5-10,12-13H2,1-2H3,(H2,18,19,22,23). The van der Waals surface area contributed by atoms with Gasteiger partial charge in [-0.3, -0.25) is 15.0 Å². The summed E-state index contributed by atoms with van der Waals surface area (Å²) in [6.07, 6.45) is 3.48. The molecule has 2 rings (SSSR count). The first-order valence-corrected chi connectivity index (χ1v) is 9.38. The van der Waals surface area contributed by atoms with Crippen LogP contribution in [0.2, 0.25) is 0 Å². The highest BCUT2D eigenvalue weighted by Crippen LogP contribution is 2.20. The van der Waals surface area contributed by atoms with Gasteiger partial charge in [0, 0.05) is 4.88 Å². The van der Waals surface area contributed by atoms with Crippen LogP contribution in [0.3, 0.4) is 0 Å². The third-order valence-electron chi connectivity index (χ3n) is 4.32. The Kier molecular flexibility index (Phi) is 7.68. The Balaban J connectivity index is 1.60. The van der Waals surface area contributed by atoms with Crippen molar-refractivity contribution < 1.29 is 9.59 Å². The highest BCUT2D eigenvalue weighted by Gasteiger charge is 2.21. The van der Waals surface area contributed by atoms with Crippen LogP contribution in [0.15, 0.2) is 17.5 Å². The molecule has 1 aromatic rings. The fourth-order valence-corrected chi connectivity index (χ4v) is 3.51. The van der Waals surface area contributed by atoms with Gasteiger partial charge in [-0.25, -0.2) is 4.79 Å². The first-order valence-electron chi connectivity index (χ1n) is 8.50. The third-order valence-corrected chi connectivity index (χ3v) is 5.19. The molecule has 0 radical (unpaired) electrons. The van der Waals surface area contributed by atoms with E-state index < -0.39 is 6.03 Å². The zero-order chi connectivity index (χ0) is 17.4. The fraction of sp³-hybridized carbons (Fsp3) is 0.647. The van der Waals surface area contributed by atoms with E-state index in [0.717, 1.165) is 43.3 Å². The van der Waals surface area contributed by atoms with Crippen LogP contribution >= 0.6 is 11.3 Å². The van der Waals surface area contributed by atoms with Crippen molar-refractivity contribution in [3.63, 3.8) is 0 Å². The molecule has 0 unspecified atom stereocenters. The first kappa shape index (κ1) is 18.9. The van der Waals surface area contributed by atoms with Crippen LogP contribution in [0.5, 0.6) is 0 Å². The van der Waals surface area contributed by atoms with Crippen molar-refractivity contribution in [2.75, 3.05) is 40.3 Å². The smallest absolute Gasteiger partial charge is 0.321 e. The van der Waals surface area contributed by atoms with E-state index >= 15 is 0 Å². The van der Waals surface area contributed by atoms with E-state index in [9.17, 15) is 9.59 Å². The van der Waals surface area contributed by atoms with Gasteiger partial charge in [0.15, 0.2) is 0 Å². The normalized spacial score (nSPS) is 16.3. The number of hydrogen-bond acceptors (Lipinski definition) is 5. The molecular formula is C17H28N4O2S. The molecule has 1 aliphatic rings. The Morgan fingerprint density at radius 1 is 1.33 bits per heavy atom. The van der Waals surface area contributed by atoms with Crippen molar-refractivity contribution in [2.45, 2.75) is 25.8 Å².